The Balaban J connectivity index is 2.05. The maximum absolute atomic E-state index is 12.7. The van der Waals surface area contributed by atoms with Crippen LogP contribution < -0.4 is 5.32 Å². The second-order valence-corrected chi connectivity index (χ2v) is 5.68. The molecule has 0 aliphatic heterocycles. The van der Waals surface area contributed by atoms with Gasteiger partial charge in [0.1, 0.15) is 5.54 Å². The van der Waals surface area contributed by atoms with Crippen molar-refractivity contribution in [3.8, 4) is 6.07 Å². The first-order valence-corrected chi connectivity index (χ1v) is 7.23. The van der Waals surface area contributed by atoms with Gasteiger partial charge < -0.3 is 5.32 Å². The van der Waals surface area contributed by atoms with Crippen molar-refractivity contribution in [3.63, 3.8) is 0 Å². The molecule has 22 heavy (non-hydrogen) atoms. The van der Waals surface area contributed by atoms with Crippen molar-refractivity contribution in [1.82, 2.24) is 5.32 Å². The molecule has 1 aromatic carbocycles. The van der Waals surface area contributed by atoms with Gasteiger partial charge in [-0.3, -0.25) is 4.79 Å². The fourth-order valence-corrected chi connectivity index (χ4v) is 2.77. The number of hydrogen-bond donors (Lipinski definition) is 1. The maximum atomic E-state index is 12.7. The summed E-state index contributed by atoms with van der Waals surface area (Å²) in [6.07, 6.45) is -0.617. The summed E-state index contributed by atoms with van der Waals surface area (Å²) in [5.41, 5.74) is -1.35. The van der Waals surface area contributed by atoms with Crippen LogP contribution in [0.25, 0.3) is 0 Å². The molecule has 1 amide bonds. The highest BCUT2D eigenvalue weighted by molar-refractivity contribution is 5.79. The summed E-state index contributed by atoms with van der Waals surface area (Å²) in [4.78, 5) is 12.1. The van der Waals surface area contributed by atoms with Gasteiger partial charge in [-0.2, -0.15) is 18.4 Å². The Bertz CT molecular complexity index is 584. The minimum absolute atomic E-state index is 0.159. The number of carbonyl (C=O) groups is 1. The molecule has 0 aromatic heterocycles. The lowest BCUT2D eigenvalue weighted by molar-refractivity contribution is -0.137. The predicted octanol–water partition coefficient (Wildman–Crippen LogP) is 3.59. The summed E-state index contributed by atoms with van der Waals surface area (Å²) in [6, 6.07) is 6.87. The summed E-state index contributed by atoms with van der Waals surface area (Å²) in [5.74, 6) is -0.414. The highest BCUT2D eigenvalue weighted by Crippen LogP contribution is 2.30. The van der Waals surface area contributed by atoms with Gasteiger partial charge in [-0.25, -0.2) is 0 Å². The lowest BCUT2D eigenvalue weighted by atomic mass is 9.82. The molecule has 0 spiro atoms. The average Bonchev–Trinajstić information content (AvgIpc) is 2.47. The van der Waals surface area contributed by atoms with Crippen LogP contribution in [0.15, 0.2) is 24.3 Å². The molecule has 6 heteroatoms. The zero-order valence-corrected chi connectivity index (χ0v) is 12.0. The van der Waals surface area contributed by atoms with Gasteiger partial charge in [0.15, 0.2) is 0 Å². The van der Waals surface area contributed by atoms with Crippen LogP contribution in [-0.2, 0) is 17.4 Å². The summed E-state index contributed by atoms with van der Waals surface area (Å²) in [6.45, 7) is 0. The molecular formula is C16H17F3N2O. The molecule has 0 bridgehead atoms. The molecule has 1 saturated carbocycles. The van der Waals surface area contributed by atoms with Gasteiger partial charge in [0.25, 0.3) is 0 Å². The van der Waals surface area contributed by atoms with E-state index < -0.39 is 23.2 Å². The summed E-state index contributed by atoms with van der Waals surface area (Å²) >= 11 is 0. The maximum Gasteiger partial charge on any atom is 0.416 e. The standard InChI is InChI=1S/C16H17F3N2O/c17-16(18,19)13-6-4-5-12(9-13)10-14(22)21-15(11-20)7-2-1-3-8-15/h4-6,9H,1-3,7-8,10H2,(H,21,22). The molecule has 0 heterocycles. The molecule has 0 saturated heterocycles. The van der Waals surface area contributed by atoms with Gasteiger partial charge in [-0.1, -0.05) is 37.5 Å². The number of nitrogens with one attached hydrogen (secondary N) is 1. The first-order valence-electron chi connectivity index (χ1n) is 7.23. The fraction of sp³-hybridized carbons (Fsp3) is 0.500. The highest BCUT2D eigenvalue weighted by atomic mass is 19.4. The number of benzene rings is 1. The summed E-state index contributed by atoms with van der Waals surface area (Å²) in [7, 11) is 0. The third-order valence-electron chi connectivity index (χ3n) is 3.92. The van der Waals surface area contributed by atoms with Crippen LogP contribution in [0.5, 0.6) is 0 Å². The van der Waals surface area contributed by atoms with Gasteiger partial charge in [-0.15, -0.1) is 0 Å². The Labute approximate surface area is 127 Å². The van der Waals surface area contributed by atoms with E-state index in [-0.39, 0.29) is 12.0 Å². The van der Waals surface area contributed by atoms with Crippen LogP contribution in [-0.4, -0.2) is 11.4 Å². The number of nitriles is 1. The molecule has 0 atom stereocenters. The van der Waals surface area contributed by atoms with Crippen molar-refractivity contribution in [3.05, 3.63) is 35.4 Å². The Hall–Kier alpha value is -2.03. The highest BCUT2D eigenvalue weighted by Gasteiger charge is 2.34. The van der Waals surface area contributed by atoms with Gasteiger partial charge in [0, 0.05) is 0 Å². The van der Waals surface area contributed by atoms with E-state index in [4.69, 9.17) is 0 Å². The molecule has 0 unspecified atom stereocenters. The van der Waals surface area contributed by atoms with Crippen molar-refractivity contribution < 1.29 is 18.0 Å². The van der Waals surface area contributed by atoms with E-state index >= 15 is 0 Å². The van der Waals surface area contributed by atoms with E-state index in [1.165, 1.54) is 12.1 Å². The van der Waals surface area contributed by atoms with Crippen LogP contribution in [0.2, 0.25) is 0 Å². The smallest absolute Gasteiger partial charge is 0.338 e. The third-order valence-corrected chi connectivity index (χ3v) is 3.92. The molecule has 1 aliphatic carbocycles. The molecule has 1 fully saturated rings. The second kappa shape index (κ2) is 6.39. The number of nitrogens with zero attached hydrogens (tertiary/aromatic N) is 1. The van der Waals surface area contributed by atoms with Crippen LogP contribution in [0.1, 0.15) is 43.2 Å². The van der Waals surface area contributed by atoms with Gasteiger partial charge in [0.2, 0.25) is 5.91 Å². The minimum atomic E-state index is -4.43. The van der Waals surface area contributed by atoms with Crippen LogP contribution >= 0.6 is 0 Å². The Kier molecular flexibility index (Phi) is 4.74. The Morgan fingerprint density at radius 3 is 2.55 bits per heavy atom. The normalized spacial score (nSPS) is 17.5. The van der Waals surface area contributed by atoms with Crippen molar-refractivity contribution >= 4 is 5.91 Å². The number of carbonyl (C=O) groups excluding carboxylic acids is 1. The van der Waals surface area contributed by atoms with Gasteiger partial charge in [0.05, 0.1) is 18.1 Å². The summed E-state index contributed by atoms with van der Waals surface area (Å²) in [5, 5.41) is 12.0. The average molecular weight is 310 g/mol. The van der Waals surface area contributed by atoms with Crippen molar-refractivity contribution in [2.75, 3.05) is 0 Å². The number of amides is 1. The monoisotopic (exact) mass is 310 g/mol. The molecule has 2 rings (SSSR count). The number of halogens is 3. The zero-order valence-electron chi connectivity index (χ0n) is 12.0. The molecule has 1 aliphatic rings. The second-order valence-electron chi connectivity index (χ2n) is 5.68. The lowest BCUT2D eigenvalue weighted by Gasteiger charge is -2.31. The molecule has 118 valence electrons. The van der Waals surface area contributed by atoms with E-state index in [9.17, 15) is 23.2 Å². The van der Waals surface area contributed by atoms with E-state index in [2.05, 4.69) is 11.4 Å². The molecule has 0 radical (unpaired) electrons. The van der Waals surface area contributed by atoms with Crippen molar-refractivity contribution in [2.24, 2.45) is 0 Å². The van der Waals surface area contributed by atoms with Crippen LogP contribution in [0.3, 0.4) is 0 Å². The fourth-order valence-electron chi connectivity index (χ4n) is 2.77. The third kappa shape index (κ3) is 4.00. The van der Waals surface area contributed by atoms with E-state index in [1.54, 1.807) is 0 Å². The lowest BCUT2D eigenvalue weighted by Crippen LogP contribution is -2.49. The van der Waals surface area contributed by atoms with E-state index in [0.717, 1.165) is 31.4 Å². The van der Waals surface area contributed by atoms with Crippen LogP contribution in [0.4, 0.5) is 13.2 Å². The van der Waals surface area contributed by atoms with Gasteiger partial charge in [-0.05, 0) is 24.5 Å². The predicted molar refractivity (Wildman–Crippen MR) is 74.7 cm³/mol. The zero-order chi connectivity index (χ0) is 16.2. The Morgan fingerprint density at radius 1 is 1.27 bits per heavy atom. The quantitative estimate of drug-likeness (QED) is 0.927. The molecule has 1 N–H and O–H groups in total. The number of rotatable bonds is 3. The molecule has 1 aromatic rings. The first-order chi connectivity index (χ1) is 10.3. The minimum Gasteiger partial charge on any atom is -0.338 e. The molecular weight excluding hydrogens is 293 g/mol. The van der Waals surface area contributed by atoms with Crippen LogP contribution in [0, 0.1) is 11.3 Å². The van der Waals surface area contributed by atoms with Crippen molar-refractivity contribution in [2.45, 2.75) is 50.2 Å². The van der Waals surface area contributed by atoms with Crippen molar-refractivity contribution in [1.29, 1.82) is 5.26 Å². The van der Waals surface area contributed by atoms with Gasteiger partial charge >= 0.3 is 6.18 Å². The van der Waals surface area contributed by atoms with E-state index in [0.29, 0.717) is 12.8 Å². The molecule has 3 nitrogen and oxygen atoms in total. The SMILES string of the molecule is N#CC1(NC(=O)Cc2cccc(C(F)(F)F)c2)CCCCC1. The largest absolute Gasteiger partial charge is 0.416 e. The first kappa shape index (κ1) is 16.3. The summed E-state index contributed by atoms with van der Waals surface area (Å²) < 4.78 is 38.0. The topological polar surface area (TPSA) is 52.9 Å². The number of hydrogen-bond acceptors (Lipinski definition) is 2. The Morgan fingerprint density at radius 2 is 1.95 bits per heavy atom. The number of alkyl halides is 3. The van der Waals surface area contributed by atoms with E-state index in [1.807, 2.05) is 0 Å².